The average molecular weight is 526 g/mol. The highest BCUT2D eigenvalue weighted by Gasteiger charge is 2.31. The Kier molecular flexibility index (Phi) is 6.15. The van der Waals surface area contributed by atoms with Crippen LogP contribution in [0.25, 0.3) is 33.4 Å². The molecule has 1 fully saturated rings. The van der Waals surface area contributed by atoms with Crippen LogP contribution in [0.3, 0.4) is 0 Å². The molecule has 200 valence electrons. The van der Waals surface area contributed by atoms with Crippen LogP contribution in [0, 0.1) is 13.8 Å². The maximum atomic E-state index is 12.6. The number of nitrogen functional groups attached to an aromatic ring is 1. The van der Waals surface area contributed by atoms with Crippen LogP contribution in [-0.4, -0.2) is 74.2 Å². The first-order chi connectivity index (χ1) is 18.8. The topological polar surface area (TPSA) is 131 Å². The van der Waals surface area contributed by atoms with Gasteiger partial charge in [0.05, 0.1) is 18.0 Å². The van der Waals surface area contributed by atoms with E-state index in [4.69, 9.17) is 15.2 Å². The lowest BCUT2D eigenvalue weighted by Gasteiger charge is -2.19. The predicted octanol–water partition coefficient (Wildman–Crippen LogP) is 3.91. The van der Waals surface area contributed by atoms with Gasteiger partial charge in [0, 0.05) is 24.3 Å². The fraction of sp³-hybridized carbons (Fsp3) is 0.321. The zero-order chi connectivity index (χ0) is 27.3. The van der Waals surface area contributed by atoms with Crippen molar-refractivity contribution >= 4 is 45.6 Å². The number of nitrogens with one attached hydrogen (secondary N) is 1. The number of amides is 1. The van der Waals surface area contributed by atoms with Crippen LogP contribution in [0.4, 0.5) is 17.5 Å². The number of fused-ring (bicyclic) bond motifs is 2. The van der Waals surface area contributed by atoms with Gasteiger partial charge in [-0.25, -0.2) is 14.6 Å². The van der Waals surface area contributed by atoms with Crippen LogP contribution in [0.15, 0.2) is 47.1 Å². The Bertz CT molecular complexity index is 1690. The van der Waals surface area contributed by atoms with E-state index >= 15 is 0 Å². The molecule has 39 heavy (non-hydrogen) atoms. The minimum atomic E-state index is 0.00820. The van der Waals surface area contributed by atoms with Crippen molar-refractivity contribution in [2.24, 2.45) is 0 Å². The number of hydrogen-bond donors (Lipinski definition) is 2. The van der Waals surface area contributed by atoms with Gasteiger partial charge in [-0.15, -0.1) is 0 Å². The number of oxazole rings is 1. The van der Waals surface area contributed by atoms with Crippen molar-refractivity contribution in [3.8, 4) is 11.3 Å². The minimum Gasteiger partial charge on any atom is -0.423 e. The summed E-state index contributed by atoms with van der Waals surface area (Å²) >= 11 is 0. The van der Waals surface area contributed by atoms with Crippen molar-refractivity contribution in [1.82, 2.24) is 34.5 Å². The third kappa shape index (κ3) is 4.65. The summed E-state index contributed by atoms with van der Waals surface area (Å²) in [6, 6.07) is 12.4. The molecule has 1 saturated heterocycles. The average Bonchev–Trinajstić information content (AvgIpc) is 3.61. The fourth-order valence-electron chi connectivity index (χ4n) is 5.26. The molecule has 0 spiro atoms. The van der Waals surface area contributed by atoms with Crippen molar-refractivity contribution in [3.63, 3.8) is 0 Å². The smallest absolute Gasteiger partial charge is 0.300 e. The summed E-state index contributed by atoms with van der Waals surface area (Å²) in [6.07, 6.45) is 2.26. The molecule has 5 aromatic rings. The van der Waals surface area contributed by atoms with Crippen molar-refractivity contribution in [2.45, 2.75) is 26.3 Å². The van der Waals surface area contributed by atoms with Gasteiger partial charge in [0.15, 0.2) is 11.2 Å². The number of carbonyl (C=O) groups excluding carboxylic acids is 1. The van der Waals surface area contributed by atoms with E-state index in [2.05, 4.69) is 26.3 Å². The fourth-order valence-corrected chi connectivity index (χ4v) is 5.26. The number of nitrogens with zero attached hydrogens (tertiary/aromatic N) is 7. The largest absolute Gasteiger partial charge is 0.423 e. The molecule has 11 heteroatoms. The number of aryl methyl sites for hydroxylation is 2. The Balaban J connectivity index is 1.28. The molecule has 0 radical (unpaired) electrons. The first kappa shape index (κ1) is 24.8. The van der Waals surface area contributed by atoms with Gasteiger partial charge in [0.2, 0.25) is 5.91 Å². The number of carbonyl (C=O) groups is 1. The van der Waals surface area contributed by atoms with E-state index in [0.29, 0.717) is 48.2 Å². The van der Waals surface area contributed by atoms with E-state index in [-0.39, 0.29) is 11.9 Å². The molecule has 1 amide bonds. The molecule has 1 unspecified atom stereocenters. The predicted molar refractivity (Wildman–Crippen MR) is 151 cm³/mol. The van der Waals surface area contributed by atoms with E-state index < -0.39 is 0 Å². The van der Waals surface area contributed by atoms with E-state index in [0.717, 1.165) is 39.9 Å². The highest BCUT2D eigenvalue weighted by Crippen LogP contribution is 2.35. The summed E-state index contributed by atoms with van der Waals surface area (Å²) in [5.74, 6) is 0.486. The number of anilines is 3. The molecule has 0 saturated carbocycles. The van der Waals surface area contributed by atoms with Crippen LogP contribution < -0.4 is 11.1 Å². The molecule has 0 aliphatic carbocycles. The van der Waals surface area contributed by atoms with Gasteiger partial charge in [-0.2, -0.15) is 10.1 Å². The van der Waals surface area contributed by atoms with Crippen LogP contribution in [0.5, 0.6) is 0 Å². The molecular formula is C28H31N9O2. The lowest BCUT2D eigenvalue weighted by atomic mass is 10.1. The van der Waals surface area contributed by atoms with Crippen molar-refractivity contribution in [1.29, 1.82) is 0 Å². The summed E-state index contributed by atoms with van der Waals surface area (Å²) < 4.78 is 7.85. The number of hydrogen-bond acceptors (Lipinski definition) is 9. The molecule has 3 N–H and O–H groups in total. The van der Waals surface area contributed by atoms with Gasteiger partial charge in [-0.05, 0) is 63.7 Å². The van der Waals surface area contributed by atoms with Gasteiger partial charge in [-0.1, -0.05) is 18.2 Å². The molecular weight excluding hydrogens is 494 g/mol. The van der Waals surface area contributed by atoms with Gasteiger partial charge in [-0.3, -0.25) is 4.79 Å². The highest BCUT2D eigenvalue weighted by atomic mass is 16.4. The van der Waals surface area contributed by atoms with E-state index in [1.165, 1.54) is 6.33 Å². The van der Waals surface area contributed by atoms with Gasteiger partial charge in [0.25, 0.3) is 6.01 Å². The lowest BCUT2D eigenvalue weighted by Crippen LogP contribution is -2.36. The third-order valence-corrected chi connectivity index (χ3v) is 7.06. The first-order valence-corrected chi connectivity index (χ1v) is 12.9. The second-order valence-electron chi connectivity index (χ2n) is 10.4. The number of likely N-dealkylation sites (N-methyl/N-ethyl adjacent to an activating group) is 1. The van der Waals surface area contributed by atoms with E-state index in [9.17, 15) is 4.79 Å². The Labute approximate surface area is 225 Å². The van der Waals surface area contributed by atoms with Gasteiger partial charge < -0.3 is 25.3 Å². The van der Waals surface area contributed by atoms with Crippen LogP contribution >= 0.6 is 0 Å². The number of rotatable bonds is 6. The summed E-state index contributed by atoms with van der Waals surface area (Å²) in [5.41, 5.74) is 13.2. The van der Waals surface area contributed by atoms with Gasteiger partial charge in [0.1, 0.15) is 23.4 Å². The van der Waals surface area contributed by atoms with Crippen LogP contribution in [-0.2, 0) is 4.79 Å². The standard InChI is InChI=1S/C28H31N9O2/c1-16-11-17(2)25-21(12-16)33-28(39-25)32-19-7-5-18(6-8-19)24-23-26(29)30-15-31-27(23)37(34-24)20-9-10-36(13-20)22(38)14-35(3)4/h5-8,11-12,15,20H,9-10,13-14H2,1-4H3,(H,32,33)(H2,29,30,31). The lowest BCUT2D eigenvalue weighted by molar-refractivity contribution is -0.130. The van der Waals surface area contributed by atoms with Crippen molar-refractivity contribution in [2.75, 3.05) is 44.8 Å². The second kappa shape index (κ2) is 9.66. The molecule has 6 rings (SSSR count). The molecule has 1 atom stereocenters. The van der Waals surface area contributed by atoms with Crippen LogP contribution in [0.1, 0.15) is 23.6 Å². The minimum absolute atomic E-state index is 0.00820. The number of likely N-dealkylation sites (tertiary alicyclic amines) is 1. The van der Waals surface area contributed by atoms with Crippen molar-refractivity contribution in [3.05, 3.63) is 53.9 Å². The molecule has 2 aromatic carbocycles. The summed E-state index contributed by atoms with van der Waals surface area (Å²) in [7, 11) is 3.79. The van der Waals surface area contributed by atoms with Crippen LogP contribution in [0.2, 0.25) is 0 Å². The molecule has 1 aliphatic heterocycles. The summed E-state index contributed by atoms with van der Waals surface area (Å²) in [4.78, 5) is 29.7. The maximum absolute atomic E-state index is 12.6. The van der Waals surface area contributed by atoms with E-state index in [1.807, 2.05) is 72.8 Å². The Hall–Kier alpha value is -4.51. The Morgan fingerprint density at radius 2 is 1.97 bits per heavy atom. The number of benzene rings is 2. The Morgan fingerprint density at radius 1 is 1.18 bits per heavy atom. The zero-order valence-corrected chi connectivity index (χ0v) is 22.5. The Morgan fingerprint density at radius 3 is 2.74 bits per heavy atom. The molecule has 0 bridgehead atoms. The molecule has 3 aromatic heterocycles. The first-order valence-electron chi connectivity index (χ1n) is 12.9. The molecule has 4 heterocycles. The van der Waals surface area contributed by atoms with Crippen molar-refractivity contribution < 1.29 is 9.21 Å². The summed E-state index contributed by atoms with van der Waals surface area (Å²) in [5, 5.41) is 8.91. The third-order valence-electron chi connectivity index (χ3n) is 7.06. The highest BCUT2D eigenvalue weighted by molar-refractivity contribution is 5.98. The second-order valence-corrected chi connectivity index (χ2v) is 10.4. The molecule has 1 aliphatic rings. The normalized spacial score (nSPS) is 15.6. The zero-order valence-electron chi connectivity index (χ0n) is 22.5. The summed E-state index contributed by atoms with van der Waals surface area (Å²) in [6.45, 7) is 5.71. The monoisotopic (exact) mass is 525 g/mol. The van der Waals surface area contributed by atoms with E-state index in [1.54, 1.807) is 0 Å². The molecule has 11 nitrogen and oxygen atoms in total. The quantitative estimate of drug-likeness (QED) is 0.339. The number of nitrogens with two attached hydrogens (primary N) is 1. The number of aromatic nitrogens is 5. The van der Waals surface area contributed by atoms with Gasteiger partial charge >= 0.3 is 0 Å². The SMILES string of the molecule is Cc1cc(C)c2oc(Nc3ccc(-c4nn(C5CCN(C(=O)CN(C)C)C5)c5ncnc(N)c45)cc3)nc2c1. The maximum Gasteiger partial charge on any atom is 0.300 e.